The van der Waals surface area contributed by atoms with Crippen LogP contribution in [0.15, 0.2) is 76.1 Å². The molecule has 4 rings (SSSR count). The Morgan fingerprint density at radius 2 is 1.85 bits per heavy atom. The van der Waals surface area contributed by atoms with Crippen LogP contribution in [0.3, 0.4) is 0 Å². The third kappa shape index (κ3) is 5.10. The molecule has 33 heavy (non-hydrogen) atoms. The van der Waals surface area contributed by atoms with Crippen LogP contribution in [-0.4, -0.2) is 31.0 Å². The molecule has 8 nitrogen and oxygen atoms in total. The maximum Gasteiger partial charge on any atom is 0.350 e. The van der Waals surface area contributed by atoms with Crippen LogP contribution in [0.2, 0.25) is 0 Å². The zero-order valence-corrected chi connectivity index (χ0v) is 19.0. The predicted molar refractivity (Wildman–Crippen MR) is 126 cm³/mol. The molecule has 0 bridgehead atoms. The van der Waals surface area contributed by atoms with E-state index in [4.69, 9.17) is 10.3 Å². The lowest BCUT2D eigenvalue weighted by Gasteiger charge is -2.07. The highest BCUT2D eigenvalue weighted by Crippen LogP contribution is 2.27. The molecule has 4 aromatic rings. The monoisotopic (exact) mass is 470 g/mol. The minimum atomic E-state index is -0.378. The van der Waals surface area contributed by atoms with Gasteiger partial charge in [0.25, 0.3) is 0 Å². The summed E-state index contributed by atoms with van der Waals surface area (Å²) in [6.07, 6.45) is 1.82. The highest BCUT2D eigenvalue weighted by Gasteiger charge is 2.13. The normalized spacial score (nSPS) is 11.6. The van der Waals surface area contributed by atoms with E-state index in [0.717, 1.165) is 16.7 Å². The second-order valence-electron chi connectivity index (χ2n) is 7.65. The molecule has 0 saturated carbocycles. The van der Waals surface area contributed by atoms with Gasteiger partial charge in [-0.15, -0.1) is 12.4 Å². The summed E-state index contributed by atoms with van der Waals surface area (Å²) in [7, 11) is 0. The van der Waals surface area contributed by atoms with Gasteiger partial charge in [0, 0.05) is 18.0 Å². The zero-order chi connectivity index (χ0) is 22.7. The van der Waals surface area contributed by atoms with E-state index in [1.165, 1.54) is 15.6 Å². The first-order chi connectivity index (χ1) is 15.5. The summed E-state index contributed by atoms with van der Waals surface area (Å²) >= 11 is 0. The second-order valence-corrected chi connectivity index (χ2v) is 7.65. The van der Waals surface area contributed by atoms with Crippen molar-refractivity contribution in [2.75, 3.05) is 6.54 Å². The summed E-state index contributed by atoms with van der Waals surface area (Å²) in [6.45, 7) is 4.01. The average molecular weight is 471 g/mol. The maximum atomic E-state index is 12.8. The predicted octanol–water partition coefficient (Wildman–Crippen LogP) is 4.11. The van der Waals surface area contributed by atoms with Crippen molar-refractivity contribution in [1.29, 1.82) is 0 Å². The van der Waals surface area contributed by atoms with Crippen molar-refractivity contribution in [1.82, 2.24) is 24.5 Å². The molecular formula is C23H24ClFN6O2. The lowest BCUT2D eigenvalue weighted by atomic mass is 10.0. The van der Waals surface area contributed by atoms with Gasteiger partial charge in [-0.3, -0.25) is 0 Å². The quantitative estimate of drug-likeness (QED) is 0.436. The number of hydrogen-bond donors (Lipinski definition) is 1. The zero-order valence-electron chi connectivity index (χ0n) is 18.2. The molecule has 0 aliphatic heterocycles. The van der Waals surface area contributed by atoms with Crippen molar-refractivity contribution in [3.05, 3.63) is 83.1 Å². The van der Waals surface area contributed by atoms with E-state index < -0.39 is 0 Å². The number of nitrogens with zero attached hydrogens (tertiary/aromatic N) is 5. The molecule has 0 unspecified atom stereocenters. The number of aromatic nitrogens is 5. The van der Waals surface area contributed by atoms with Gasteiger partial charge in [-0.25, -0.2) is 18.4 Å². The fraction of sp³-hybridized carbons (Fsp3) is 0.217. The topological polar surface area (TPSA) is 105 Å². The first-order valence-corrected chi connectivity index (χ1v) is 10.2. The molecule has 2 heterocycles. The summed E-state index contributed by atoms with van der Waals surface area (Å²) in [4.78, 5) is 17.2. The van der Waals surface area contributed by atoms with Crippen molar-refractivity contribution in [2.24, 2.45) is 5.73 Å². The molecule has 0 saturated heterocycles. The van der Waals surface area contributed by atoms with E-state index in [-0.39, 0.29) is 42.7 Å². The standard InChI is InChI=1S/C23H23FN6O2.ClH/c1-15(2)22-27-21(28-32-22)19-7-3-5-17(9-19)18-6-4-8-20(10-18)29-14-26-30(23(29)31)13-16(11-24)12-25;/h3-11,14-15H,12-13,25H2,1-2H3;1H/b16-11+;. The van der Waals surface area contributed by atoms with Crippen LogP contribution in [0.4, 0.5) is 4.39 Å². The molecule has 2 aromatic carbocycles. The van der Waals surface area contributed by atoms with Crippen LogP contribution in [0, 0.1) is 0 Å². The highest BCUT2D eigenvalue weighted by molar-refractivity contribution is 5.85. The van der Waals surface area contributed by atoms with E-state index in [9.17, 15) is 9.18 Å². The molecule has 2 N–H and O–H groups in total. The van der Waals surface area contributed by atoms with Crippen molar-refractivity contribution < 1.29 is 8.91 Å². The lowest BCUT2D eigenvalue weighted by molar-refractivity contribution is 0.365. The smallest absolute Gasteiger partial charge is 0.339 e. The Bertz CT molecular complexity index is 1320. The Morgan fingerprint density at radius 1 is 1.15 bits per heavy atom. The summed E-state index contributed by atoms with van der Waals surface area (Å²) in [5.41, 5.74) is 8.70. The van der Waals surface area contributed by atoms with Crippen LogP contribution < -0.4 is 11.4 Å². The molecule has 0 fully saturated rings. The van der Waals surface area contributed by atoms with Crippen LogP contribution >= 0.6 is 12.4 Å². The number of nitrogens with two attached hydrogens (primary N) is 1. The van der Waals surface area contributed by atoms with Gasteiger partial charge < -0.3 is 10.3 Å². The number of rotatable bonds is 7. The number of benzene rings is 2. The molecule has 10 heteroatoms. The first-order valence-electron chi connectivity index (χ1n) is 10.2. The Balaban J connectivity index is 0.00000306. The van der Waals surface area contributed by atoms with Crippen molar-refractivity contribution >= 4 is 12.4 Å². The third-order valence-corrected chi connectivity index (χ3v) is 5.02. The summed E-state index contributed by atoms with van der Waals surface area (Å²) in [5.74, 6) is 1.27. The molecule has 0 amide bonds. The van der Waals surface area contributed by atoms with E-state index in [0.29, 0.717) is 23.7 Å². The van der Waals surface area contributed by atoms with Crippen LogP contribution in [0.25, 0.3) is 28.2 Å². The Hall–Kier alpha value is -3.56. The third-order valence-electron chi connectivity index (χ3n) is 5.02. The van der Waals surface area contributed by atoms with Gasteiger partial charge in [0.2, 0.25) is 11.7 Å². The maximum absolute atomic E-state index is 12.8. The Morgan fingerprint density at radius 3 is 2.52 bits per heavy atom. The van der Waals surface area contributed by atoms with Crippen LogP contribution in [-0.2, 0) is 6.54 Å². The average Bonchev–Trinajstić information content (AvgIpc) is 3.45. The van der Waals surface area contributed by atoms with E-state index in [2.05, 4.69) is 15.2 Å². The SMILES string of the molecule is CC(C)c1nc(-c2cccc(-c3cccc(-n4cnn(C/C(=C/F)CN)c4=O)c3)c2)no1.Cl. The minimum absolute atomic E-state index is 0. The molecule has 0 atom stereocenters. The van der Waals surface area contributed by atoms with Gasteiger partial charge in [-0.1, -0.05) is 49.3 Å². The van der Waals surface area contributed by atoms with Gasteiger partial charge in [0.1, 0.15) is 6.33 Å². The highest BCUT2D eigenvalue weighted by atomic mass is 35.5. The molecule has 0 aliphatic rings. The molecule has 0 aliphatic carbocycles. The molecular weight excluding hydrogens is 447 g/mol. The lowest BCUT2D eigenvalue weighted by Crippen LogP contribution is -2.25. The molecule has 0 spiro atoms. The van der Waals surface area contributed by atoms with Crippen LogP contribution in [0.5, 0.6) is 0 Å². The van der Waals surface area contributed by atoms with E-state index >= 15 is 0 Å². The Kier molecular flexibility index (Phi) is 7.57. The molecule has 2 aromatic heterocycles. The Labute approximate surface area is 196 Å². The van der Waals surface area contributed by atoms with Gasteiger partial charge in [-0.2, -0.15) is 10.1 Å². The minimum Gasteiger partial charge on any atom is -0.339 e. The summed E-state index contributed by atoms with van der Waals surface area (Å²) in [5, 5.41) is 8.15. The van der Waals surface area contributed by atoms with Gasteiger partial charge >= 0.3 is 5.69 Å². The van der Waals surface area contributed by atoms with Crippen molar-refractivity contribution in [3.8, 4) is 28.2 Å². The summed E-state index contributed by atoms with van der Waals surface area (Å²) < 4.78 is 20.7. The molecule has 0 radical (unpaired) electrons. The number of hydrogen-bond acceptors (Lipinski definition) is 6. The summed E-state index contributed by atoms with van der Waals surface area (Å²) in [6, 6.07) is 15.3. The number of halogens is 2. The van der Waals surface area contributed by atoms with Crippen molar-refractivity contribution in [3.63, 3.8) is 0 Å². The van der Waals surface area contributed by atoms with E-state index in [1.54, 1.807) is 0 Å². The fourth-order valence-electron chi connectivity index (χ4n) is 3.22. The fourth-order valence-corrected chi connectivity index (χ4v) is 3.22. The van der Waals surface area contributed by atoms with E-state index in [1.807, 2.05) is 62.4 Å². The van der Waals surface area contributed by atoms with Crippen LogP contribution in [0.1, 0.15) is 25.7 Å². The van der Waals surface area contributed by atoms with Gasteiger partial charge in [0.15, 0.2) is 0 Å². The van der Waals surface area contributed by atoms with Gasteiger partial charge in [0.05, 0.1) is 18.6 Å². The second kappa shape index (κ2) is 10.4. The molecule has 172 valence electrons. The van der Waals surface area contributed by atoms with Crippen molar-refractivity contribution in [2.45, 2.75) is 26.3 Å². The largest absolute Gasteiger partial charge is 0.350 e. The first kappa shape index (κ1) is 24.1. The van der Waals surface area contributed by atoms with Gasteiger partial charge in [-0.05, 0) is 34.9 Å².